The molecule has 0 spiro atoms. The van der Waals surface area contributed by atoms with E-state index < -0.39 is 0 Å². The van der Waals surface area contributed by atoms with Crippen LogP contribution in [0.5, 0.6) is 0 Å². The van der Waals surface area contributed by atoms with E-state index in [1.165, 1.54) is 51.6 Å². The van der Waals surface area contributed by atoms with Gasteiger partial charge in [-0.1, -0.05) is 12.8 Å². The van der Waals surface area contributed by atoms with Gasteiger partial charge in [-0.05, 0) is 51.0 Å². The molecule has 1 N–H and O–H groups in total. The van der Waals surface area contributed by atoms with Crippen molar-refractivity contribution in [1.29, 1.82) is 0 Å². The summed E-state index contributed by atoms with van der Waals surface area (Å²) in [6.45, 7) is 3.58. The summed E-state index contributed by atoms with van der Waals surface area (Å²) in [4.78, 5) is 5.00. The lowest BCUT2D eigenvalue weighted by Gasteiger charge is -2.33. The molecule has 2 atom stereocenters. The van der Waals surface area contributed by atoms with Gasteiger partial charge >= 0.3 is 0 Å². The molecule has 3 rings (SSSR count). The van der Waals surface area contributed by atoms with Crippen molar-refractivity contribution in [2.45, 2.75) is 50.6 Å². The minimum Gasteiger partial charge on any atom is -0.358 e. The third kappa shape index (κ3) is 1.93. The Morgan fingerprint density at radius 2 is 1.88 bits per heavy atom. The summed E-state index contributed by atoms with van der Waals surface area (Å²) in [5.41, 5.74) is 0. The second-order valence-corrected chi connectivity index (χ2v) is 5.73. The van der Waals surface area contributed by atoms with E-state index in [1.807, 2.05) is 0 Å². The Hall–Kier alpha value is -0.350. The first-order chi connectivity index (χ1) is 7.84. The van der Waals surface area contributed by atoms with Crippen molar-refractivity contribution in [3.63, 3.8) is 0 Å². The van der Waals surface area contributed by atoms with Crippen LogP contribution in [-0.4, -0.2) is 46.8 Å². The molecule has 0 aromatic heterocycles. The molecule has 90 valence electrons. The molecule has 4 heteroatoms. The average molecular weight is 239 g/mol. The highest BCUT2D eigenvalue weighted by Gasteiger charge is 2.38. The molecule has 1 aliphatic carbocycles. The first-order valence-electron chi connectivity index (χ1n) is 6.64. The summed E-state index contributed by atoms with van der Waals surface area (Å²) < 4.78 is 0. The maximum Gasteiger partial charge on any atom is 0.170 e. The molecular weight excluding hydrogens is 218 g/mol. The molecule has 3 nitrogen and oxygen atoms in total. The van der Waals surface area contributed by atoms with Gasteiger partial charge < -0.3 is 10.2 Å². The van der Waals surface area contributed by atoms with Gasteiger partial charge in [-0.3, -0.25) is 4.90 Å². The Labute approximate surface area is 103 Å². The van der Waals surface area contributed by atoms with Crippen molar-refractivity contribution >= 4 is 17.3 Å². The van der Waals surface area contributed by atoms with E-state index in [9.17, 15) is 0 Å². The summed E-state index contributed by atoms with van der Waals surface area (Å²) in [7, 11) is 0. The van der Waals surface area contributed by atoms with Crippen LogP contribution < -0.4 is 5.32 Å². The van der Waals surface area contributed by atoms with Crippen molar-refractivity contribution in [2.75, 3.05) is 19.8 Å². The molecular formula is C12H21N3S. The Bertz CT molecular complexity index is 275. The fourth-order valence-corrected chi connectivity index (χ4v) is 3.70. The van der Waals surface area contributed by atoms with Gasteiger partial charge in [0.05, 0.1) is 12.7 Å². The Balaban J connectivity index is 1.65. The van der Waals surface area contributed by atoms with Crippen molar-refractivity contribution in [3.8, 4) is 0 Å². The first kappa shape index (κ1) is 10.8. The van der Waals surface area contributed by atoms with Crippen LogP contribution >= 0.6 is 12.2 Å². The number of nitrogens with one attached hydrogen (secondary N) is 1. The fourth-order valence-electron chi connectivity index (χ4n) is 3.35. The molecule has 3 aliphatic rings. The number of hydrogen-bond acceptors (Lipinski definition) is 2. The second kappa shape index (κ2) is 4.49. The van der Waals surface area contributed by atoms with E-state index in [1.54, 1.807) is 0 Å². The zero-order valence-electron chi connectivity index (χ0n) is 9.82. The smallest absolute Gasteiger partial charge is 0.170 e. The van der Waals surface area contributed by atoms with Crippen LogP contribution in [0.3, 0.4) is 0 Å². The molecule has 2 aliphatic heterocycles. The molecule has 2 saturated heterocycles. The lowest BCUT2D eigenvalue weighted by atomic mass is 9.91. The number of fused-ring (bicyclic) bond motifs is 1. The zero-order valence-corrected chi connectivity index (χ0v) is 10.6. The summed E-state index contributed by atoms with van der Waals surface area (Å²) in [6, 6.07) is 1.32. The van der Waals surface area contributed by atoms with Crippen molar-refractivity contribution in [3.05, 3.63) is 0 Å². The van der Waals surface area contributed by atoms with Gasteiger partial charge in [0.2, 0.25) is 0 Å². The fraction of sp³-hybridized carbons (Fsp3) is 0.917. The van der Waals surface area contributed by atoms with Crippen LogP contribution in [-0.2, 0) is 0 Å². The Morgan fingerprint density at radius 3 is 2.69 bits per heavy atom. The topological polar surface area (TPSA) is 18.5 Å². The third-order valence-corrected chi connectivity index (χ3v) is 4.60. The van der Waals surface area contributed by atoms with E-state index in [2.05, 4.69) is 15.1 Å². The van der Waals surface area contributed by atoms with Crippen molar-refractivity contribution < 1.29 is 0 Å². The second-order valence-electron chi connectivity index (χ2n) is 5.34. The van der Waals surface area contributed by atoms with Gasteiger partial charge in [0.25, 0.3) is 0 Å². The monoisotopic (exact) mass is 239 g/mol. The van der Waals surface area contributed by atoms with Crippen molar-refractivity contribution in [1.82, 2.24) is 15.1 Å². The Morgan fingerprint density at radius 1 is 1.12 bits per heavy atom. The summed E-state index contributed by atoms with van der Waals surface area (Å²) in [5.74, 6) is 0. The predicted octanol–water partition coefficient (Wildman–Crippen LogP) is 1.54. The number of likely N-dealkylation sites (tertiary alicyclic amines) is 1. The lowest BCUT2D eigenvalue weighted by Crippen LogP contribution is -2.44. The summed E-state index contributed by atoms with van der Waals surface area (Å²) in [6.07, 6.45) is 8.10. The third-order valence-electron chi connectivity index (χ3n) is 4.25. The highest BCUT2D eigenvalue weighted by molar-refractivity contribution is 7.80. The average Bonchev–Trinajstić information content (AvgIpc) is 2.89. The SMILES string of the molecule is S=C1NC2CCCCC2N1CN1CCCC1. The molecule has 16 heavy (non-hydrogen) atoms. The van der Waals surface area contributed by atoms with E-state index >= 15 is 0 Å². The van der Waals surface area contributed by atoms with Crippen LogP contribution in [0.1, 0.15) is 38.5 Å². The first-order valence-corrected chi connectivity index (χ1v) is 7.05. The minimum atomic E-state index is 0.642. The normalized spacial score (nSPS) is 35.2. The van der Waals surface area contributed by atoms with Crippen LogP contribution in [0.15, 0.2) is 0 Å². The maximum absolute atomic E-state index is 5.48. The lowest BCUT2D eigenvalue weighted by molar-refractivity contribution is 0.166. The molecule has 1 saturated carbocycles. The van der Waals surface area contributed by atoms with E-state index in [-0.39, 0.29) is 0 Å². The molecule has 2 unspecified atom stereocenters. The summed E-state index contributed by atoms with van der Waals surface area (Å²) >= 11 is 5.48. The minimum absolute atomic E-state index is 0.642. The molecule has 0 aromatic rings. The van der Waals surface area contributed by atoms with Crippen molar-refractivity contribution in [2.24, 2.45) is 0 Å². The zero-order chi connectivity index (χ0) is 11.0. The quantitative estimate of drug-likeness (QED) is 0.737. The van der Waals surface area contributed by atoms with Gasteiger partial charge in [0, 0.05) is 6.04 Å². The largest absolute Gasteiger partial charge is 0.358 e. The number of hydrogen-bond donors (Lipinski definition) is 1. The standard InChI is InChI=1S/C12H21N3S/c16-12-13-10-5-1-2-6-11(10)15(12)9-14-7-3-4-8-14/h10-11H,1-9H2,(H,13,16). The molecule has 0 amide bonds. The van der Waals surface area contributed by atoms with Crippen LogP contribution in [0.2, 0.25) is 0 Å². The van der Waals surface area contributed by atoms with Gasteiger partial charge in [-0.25, -0.2) is 0 Å². The van der Waals surface area contributed by atoms with Crippen LogP contribution in [0.4, 0.5) is 0 Å². The highest BCUT2D eigenvalue weighted by atomic mass is 32.1. The van der Waals surface area contributed by atoms with Crippen LogP contribution in [0.25, 0.3) is 0 Å². The molecule has 0 bridgehead atoms. The molecule has 0 aromatic carbocycles. The van der Waals surface area contributed by atoms with Gasteiger partial charge in [0.15, 0.2) is 5.11 Å². The van der Waals surface area contributed by atoms with E-state index in [0.717, 1.165) is 11.8 Å². The van der Waals surface area contributed by atoms with Gasteiger partial charge in [0.1, 0.15) is 0 Å². The maximum atomic E-state index is 5.48. The number of thiocarbonyl (C=S) groups is 1. The number of nitrogens with zero attached hydrogens (tertiary/aromatic N) is 2. The predicted molar refractivity (Wildman–Crippen MR) is 69.3 cm³/mol. The van der Waals surface area contributed by atoms with E-state index in [0.29, 0.717) is 12.1 Å². The molecule has 3 fully saturated rings. The molecule has 0 radical (unpaired) electrons. The molecule has 2 heterocycles. The van der Waals surface area contributed by atoms with Gasteiger partial charge in [-0.2, -0.15) is 0 Å². The van der Waals surface area contributed by atoms with E-state index in [4.69, 9.17) is 12.2 Å². The van der Waals surface area contributed by atoms with Gasteiger partial charge in [-0.15, -0.1) is 0 Å². The summed E-state index contributed by atoms with van der Waals surface area (Å²) in [5, 5.41) is 4.51. The number of rotatable bonds is 2. The Kier molecular flexibility index (Phi) is 3.03. The highest BCUT2D eigenvalue weighted by Crippen LogP contribution is 2.28. The van der Waals surface area contributed by atoms with Crippen LogP contribution in [0, 0.1) is 0 Å².